The largest absolute Gasteiger partial charge is 0.494 e. The molecule has 0 aliphatic carbocycles. The molecule has 0 amide bonds. The summed E-state index contributed by atoms with van der Waals surface area (Å²) in [7, 11) is 0. The fraction of sp³-hybridized carbons (Fsp3) is 0.368. The van der Waals surface area contributed by atoms with E-state index in [0.717, 1.165) is 25.0 Å². The van der Waals surface area contributed by atoms with Crippen LogP contribution in [0.15, 0.2) is 48.5 Å². The van der Waals surface area contributed by atoms with Gasteiger partial charge in [0.15, 0.2) is 0 Å². The van der Waals surface area contributed by atoms with E-state index >= 15 is 0 Å². The molecule has 0 bridgehead atoms. The van der Waals surface area contributed by atoms with E-state index < -0.39 is 0 Å². The summed E-state index contributed by atoms with van der Waals surface area (Å²) in [4.78, 5) is 0. The van der Waals surface area contributed by atoms with E-state index in [-0.39, 0.29) is 6.04 Å². The van der Waals surface area contributed by atoms with Gasteiger partial charge in [0.25, 0.3) is 0 Å². The zero-order valence-corrected chi connectivity index (χ0v) is 13.0. The van der Waals surface area contributed by atoms with Crippen molar-refractivity contribution in [2.75, 3.05) is 6.61 Å². The van der Waals surface area contributed by atoms with Crippen LogP contribution in [-0.4, -0.2) is 12.6 Å². The Kier molecular flexibility index (Phi) is 5.82. The van der Waals surface area contributed by atoms with Gasteiger partial charge in [-0.15, -0.1) is 0 Å². The second kappa shape index (κ2) is 7.84. The molecule has 2 rings (SSSR count). The van der Waals surface area contributed by atoms with Gasteiger partial charge in [-0.2, -0.15) is 0 Å². The van der Waals surface area contributed by atoms with E-state index in [0.29, 0.717) is 6.61 Å². The van der Waals surface area contributed by atoms with Gasteiger partial charge >= 0.3 is 0 Å². The van der Waals surface area contributed by atoms with Crippen LogP contribution in [0.1, 0.15) is 30.5 Å². The molecule has 0 aromatic heterocycles. The maximum atomic E-state index is 6.32. The van der Waals surface area contributed by atoms with Crippen molar-refractivity contribution in [2.24, 2.45) is 5.73 Å². The summed E-state index contributed by atoms with van der Waals surface area (Å²) in [6.07, 6.45) is 2.81. The van der Waals surface area contributed by atoms with Gasteiger partial charge in [0.1, 0.15) is 5.75 Å². The highest BCUT2D eigenvalue weighted by Crippen LogP contribution is 2.20. The minimum absolute atomic E-state index is 0.110. The van der Waals surface area contributed by atoms with Crippen LogP contribution in [-0.2, 0) is 19.3 Å². The maximum Gasteiger partial charge on any atom is 0.122 e. The summed E-state index contributed by atoms with van der Waals surface area (Å²) in [6.45, 7) is 4.86. The monoisotopic (exact) mass is 283 g/mol. The van der Waals surface area contributed by atoms with Crippen molar-refractivity contribution in [1.82, 2.24) is 0 Å². The highest BCUT2D eigenvalue weighted by Gasteiger charge is 2.09. The molecule has 0 fully saturated rings. The Hall–Kier alpha value is -1.80. The van der Waals surface area contributed by atoms with Gasteiger partial charge in [-0.25, -0.2) is 0 Å². The molecule has 2 nitrogen and oxygen atoms in total. The van der Waals surface area contributed by atoms with Gasteiger partial charge in [-0.3, -0.25) is 0 Å². The minimum Gasteiger partial charge on any atom is -0.494 e. The van der Waals surface area contributed by atoms with E-state index in [1.807, 2.05) is 25.1 Å². The molecule has 0 aliphatic rings. The molecule has 2 aromatic rings. The minimum atomic E-state index is 0.110. The van der Waals surface area contributed by atoms with Crippen molar-refractivity contribution < 1.29 is 4.74 Å². The Morgan fingerprint density at radius 2 is 1.57 bits per heavy atom. The van der Waals surface area contributed by atoms with Gasteiger partial charge in [0.2, 0.25) is 0 Å². The first-order valence-corrected chi connectivity index (χ1v) is 7.77. The predicted molar refractivity (Wildman–Crippen MR) is 88.8 cm³/mol. The lowest BCUT2D eigenvalue weighted by Gasteiger charge is -2.15. The Morgan fingerprint density at radius 3 is 2.24 bits per heavy atom. The van der Waals surface area contributed by atoms with Gasteiger partial charge in [0.05, 0.1) is 6.61 Å². The molecule has 0 saturated heterocycles. The zero-order valence-electron chi connectivity index (χ0n) is 13.0. The first-order chi connectivity index (χ1) is 10.2. The molecule has 1 atom stereocenters. The van der Waals surface area contributed by atoms with Crippen LogP contribution in [0.4, 0.5) is 0 Å². The molecule has 2 aromatic carbocycles. The fourth-order valence-corrected chi connectivity index (χ4v) is 2.54. The smallest absolute Gasteiger partial charge is 0.122 e. The van der Waals surface area contributed by atoms with E-state index in [2.05, 4.69) is 37.3 Å². The molecule has 2 heteroatoms. The van der Waals surface area contributed by atoms with Gasteiger partial charge < -0.3 is 10.5 Å². The molecule has 0 saturated carbocycles. The second-order valence-corrected chi connectivity index (χ2v) is 5.38. The summed E-state index contributed by atoms with van der Waals surface area (Å²) >= 11 is 0. The quantitative estimate of drug-likeness (QED) is 0.839. The third-order valence-electron chi connectivity index (χ3n) is 3.68. The molecule has 2 N–H and O–H groups in total. The third-order valence-corrected chi connectivity index (χ3v) is 3.68. The van der Waals surface area contributed by atoms with Crippen molar-refractivity contribution in [2.45, 2.75) is 39.2 Å². The Balaban J connectivity index is 1.99. The van der Waals surface area contributed by atoms with Crippen molar-refractivity contribution in [3.8, 4) is 5.75 Å². The first-order valence-electron chi connectivity index (χ1n) is 7.77. The number of hydrogen-bond donors (Lipinski definition) is 1. The predicted octanol–water partition coefficient (Wildman–Crippen LogP) is 3.76. The standard InChI is InChI=1S/C19H25NO/c1-3-15-9-11-16(12-10-15)13-18(20)14-17-7-5-6-8-19(17)21-4-2/h5-12,18H,3-4,13-14,20H2,1-2H3. The molecular weight excluding hydrogens is 258 g/mol. The van der Waals surface area contributed by atoms with Crippen LogP contribution in [0.25, 0.3) is 0 Å². The van der Waals surface area contributed by atoms with Gasteiger partial charge in [0, 0.05) is 6.04 Å². The van der Waals surface area contributed by atoms with Crippen LogP contribution in [0.3, 0.4) is 0 Å². The van der Waals surface area contributed by atoms with Crippen LogP contribution in [0.2, 0.25) is 0 Å². The average molecular weight is 283 g/mol. The molecule has 21 heavy (non-hydrogen) atoms. The van der Waals surface area contributed by atoms with Crippen molar-refractivity contribution in [3.63, 3.8) is 0 Å². The number of para-hydroxylation sites is 1. The van der Waals surface area contributed by atoms with Gasteiger partial charge in [-0.05, 0) is 48.9 Å². The Labute approximate surface area is 127 Å². The van der Waals surface area contributed by atoms with Crippen LogP contribution in [0.5, 0.6) is 5.75 Å². The molecule has 0 spiro atoms. The van der Waals surface area contributed by atoms with Gasteiger partial charge in [-0.1, -0.05) is 49.4 Å². The molecule has 1 unspecified atom stereocenters. The summed E-state index contributed by atoms with van der Waals surface area (Å²) in [5, 5.41) is 0. The third kappa shape index (κ3) is 4.61. The molecular formula is C19H25NO. The molecule has 0 radical (unpaired) electrons. The number of ether oxygens (including phenoxy) is 1. The van der Waals surface area contributed by atoms with Crippen molar-refractivity contribution in [1.29, 1.82) is 0 Å². The topological polar surface area (TPSA) is 35.2 Å². The summed E-state index contributed by atoms with van der Waals surface area (Å²) in [5.74, 6) is 0.955. The lowest BCUT2D eigenvalue weighted by molar-refractivity contribution is 0.335. The number of aryl methyl sites for hydroxylation is 1. The van der Waals surface area contributed by atoms with E-state index in [4.69, 9.17) is 10.5 Å². The maximum absolute atomic E-state index is 6.32. The van der Waals surface area contributed by atoms with E-state index in [9.17, 15) is 0 Å². The molecule has 112 valence electrons. The first kappa shape index (κ1) is 15.6. The molecule has 0 heterocycles. The fourth-order valence-electron chi connectivity index (χ4n) is 2.54. The zero-order chi connectivity index (χ0) is 15.1. The number of nitrogens with two attached hydrogens (primary N) is 1. The highest BCUT2D eigenvalue weighted by molar-refractivity contribution is 5.34. The lowest BCUT2D eigenvalue weighted by Crippen LogP contribution is -2.25. The van der Waals surface area contributed by atoms with E-state index in [1.165, 1.54) is 16.7 Å². The highest BCUT2D eigenvalue weighted by atomic mass is 16.5. The lowest BCUT2D eigenvalue weighted by atomic mass is 9.98. The average Bonchev–Trinajstić information content (AvgIpc) is 2.50. The second-order valence-electron chi connectivity index (χ2n) is 5.38. The summed E-state index contributed by atoms with van der Waals surface area (Å²) < 4.78 is 5.66. The number of rotatable bonds is 7. The normalized spacial score (nSPS) is 12.1. The van der Waals surface area contributed by atoms with Crippen molar-refractivity contribution >= 4 is 0 Å². The van der Waals surface area contributed by atoms with Crippen LogP contribution >= 0.6 is 0 Å². The van der Waals surface area contributed by atoms with E-state index in [1.54, 1.807) is 0 Å². The SMILES string of the molecule is CCOc1ccccc1CC(N)Cc1ccc(CC)cc1. The Morgan fingerprint density at radius 1 is 0.905 bits per heavy atom. The number of hydrogen-bond acceptors (Lipinski definition) is 2. The summed E-state index contributed by atoms with van der Waals surface area (Å²) in [6, 6.07) is 17.0. The van der Waals surface area contributed by atoms with Crippen LogP contribution in [0, 0.1) is 0 Å². The van der Waals surface area contributed by atoms with Crippen LogP contribution < -0.4 is 10.5 Å². The molecule has 0 aliphatic heterocycles. The summed E-state index contributed by atoms with van der Waals surface area (Å²) in [5.41, 5.74) is 10.2. The number of benzene rings is 2. The van der Waals surface area contributed by atoms with Crippen molar-refractivity contribution in [3.05, 3.63) is 65.2 Å². The Bertz CT molecular complexity index is 548.